The zero-order valence-electron chi connectivity index (χ0n) is 10.3. The molecule has 18 heavy (non-hydrogen) atoms. The van der Waals surface area contributed by atoms with Crippen molar-refractivity contribution in [2.24, 2.45) is 5.73 Å². The summed E-state index contributed by atoms with van der Waals surface area (Å²) in [6.07, 6.45) is 12.1. The highest BCUT2D eigenvalue weighted by Gasteiger charge is 2.20. The summed E-state index contributed by atoms with van der Waals surface area (Å²) < 4.78 is 7.54. The fourth-order valence-corrected chi connectivity index (χ4v) is 2.36. The summed E-state index contributed by atoms with van der Waals surface area (Å²) in [6, 6.07) is 0. The van der Waals surface area contributed by atoms with E-state index in [0.717, 1.165) is 37.4 Å². The molecular formula is C13H18N4O. The molecule has 1 aromatic rings. The van der Waals surface area contributed by atoms with E-state index in [1.165, 1.54) is 6.42 Å². The molecule has 1 saturated heterocycles. The number of nitrogens with two attached hydrogens (primary N) is 1. The van der Waals surface area contributed by atoms with Crippen LogP contribution >= 0.6 is 0 Å². The van der Waals surface area contributed by atoms with Gasteiger partial charge in [0.15, 0.2) is 12.1 Å². The molecule has 2 aliphatic rings. The molecule has 0 aromatic carbocycles. The lowest BCUT2D eigenvalue weighted by Crippen LogP contribution is -2.18. The third kappa shape index (κ3) is 2.31. The number of aromatic nitrogens is 3. The van der Waals surface area contributed by atoms with Gasteiger partial charge in [-0.25, -0.2) is 9.67 Å². The van der Waals surface area contributed by atoms with E-state index in [-0.39, 0.29) is 12.1 Å². The Balaban J connectivity index is 1.71. The number of rotatable bonds is 2. The SMILES string of the molecule is NC1=CCC(c2ncn(C3CCCCO3)n2)C=C1. The van der Waals surface area contributed by atoms with Gasteiger partial charge >= 0.3 is 0 Å². The van der Waals surface area contributed by atoms with E-state index in [1.54, 1.807) is 6.33 Å². The standard InChI is InChI=1S/C13H18N4O/c14-11-6-4-10(5-7-11)13-15-9-17(16-13)12-3-1-2-8-18-12/h4,6-7,9-10,12H,1-3,5,8,14H2. The van der Waals surface area contributed by atoms with Crippen LogP contribution in [-0.2, 0) is 4.74 Å². The lowest BCUT2D eigenvalue weighted by Gasteiger charge is -2.22. The van der Waals surface area contributed by atoms with Crippen molar-refractivity contribution >= 4 is 0 Å². The largest absolute Gasteiger partial charge is 0.399 e. The van der Waals surface area contributed by atoms with Crippen molar-refractivity contribution in [3.8, 4) is 0 Å². The number of hydrogen-bond donors (Lipinski definition) is 1. The molecule has 0 saturated carbocycles. The summed E-state index contributed by atoms with van der Waals surface area (Å²) in [4.78, 5) is 4.39. The first-order valence-corrected chi connectivity index (χ1v) is 6.49. The van der Waals surface area contributed by atoms with E-state index in [2.05, 4.69) is 16.2 Å². The Hall–Kier alpha value is -1.62. The molecule has 2 heterocycles. The van der Waals surface area contributed by atoms with E-state index >= 15 is 0 Å². The highest BCUT2D eigenvalue weighted by molar-refractivity contribution is 5.25. The summed E-state index contributed by atoms with van der Waals surface area (Å²) in [6.45, 7) is 0.822. The van der Waals surface area contributed by atoms with Crippen LogP contribution in [0, 0.1) is 0 Å². The maximum Gasteiger partial charge on any atom is 0.157 e. The molecular weight excluding hydrogens is 228 g/mol. The molecule has 0 spiro atoms. The predicted octanol–water partition coefficient (Wildman–Crippen LogP) is 1.86. The van der Waals surface area contributed by atoms with Crippen molar-refractivity contribution < 1.29 is 4.74 Å². The van der Waals surface area contributed by atoms with Crippen LogP contribution in [0.25, 0.3) is 0 Å². The monoisotopic (exact) mass is 246 g/mol. The molecule has 5 nitrogen and oxygen atoms in total. The van der Waals surface area contributed by atoms with Crippen LogP contribution in [0.4, 0.5) is 0 Å². The fraction of sp³-hybridized carbons (Fsp3) is 0.538. The highest BCUT2D eigenvalue weighted by atomic mass is 16.5. The zero-order valence-corrected chi connectivity index (χ0v) is 10.3. The number of allylic oxidation sites excluding steroid dienone is 3. The molecule has 0 amide bonds. The Kier molecular flexibility index (Phi) is 3.15. The van der Waals surface area contributed by atoms with E-state index in [0.29, 0.717) is 0 Å². The predicted molar refractivity (Wildman–Crippen MR) is 67.6 cm³/mol. The van der Waals surface area contributed by atoms with E-state index < -0.39 is 0 Å². The third-order valence-corrected chi connectivity index (χ3v) is 3.44. The quantitative estimate of drug-likeness (QED) is 0.865. The average Bonchev–Trinajstić information content (AvgIpc) is 2.90. The Morgan fingerprint density at radius 1 is 1.39 bits per heavy atom. The van der Waals surface area contributed by atoms with Gasteiger partial charge in [0.05, 0.1) is 0 Å². The first-order valence-electron chi connectivity index (χ1n) is 6.49. The van der Waals surface area contributed by atoms with Crippen LogP contribution in [0.5, 0.6) is 0 Å². The van der Waals surface area contributed by atoms with Gasteiger partial charge in [-0.3, -0.25) is 0 Å². The molecule has 1 aromatic heterocycles. The molecule has 96 valence electrons. The van der Waals surface area contributed by atoms with Crippen molar-refractivity contribution in [3.63, 3.8) is 0 Å². The van der Waals surface area contributed by atoms with Crippen molar-refractivity contribution in [3.05, 3.63) is 36.1 Å². The summed E-state index contributed by atoms with van der Waals surface area (Å²) in [5.74, 6) is 1.09. The first kappa shape index (κ1) is 11.5. The first-order chi connectivity index (χ1) is 8.83. The van der Waals surface area contributed by atoms with Gasteiger partial charge in [0.2, 0.25) is 0 Å². The molecule has 3 rings (SSSR count). The van der Waals surface area contributed by atoms with E-state index in [9.17, 15) is 0 Å². The van der Waals surface area contributed by atoms with Gasteiger partial charge in [0.1, 0.15) is 6.33 Å². The smallest absolute Gasteiger partial charge is 0.157 e. The Labute approximate surface area is 106 Å². The second-order valence-electron chi connectivity index (χ2n) is 4.81. The van der Waals surface area contributed by atoms with E-state index in [1.807, 2.05) is 16.8 Å². The van der Waals surface area contributed by atoms with Crippen molar-refractivity contribution in [2.45, 2.75) is 37.8 Å². The molecule has 2 N–H and O–H groups in total. The van der Waals surface area contributed by atoms with Gasteiger partial charge in [0, 0.05) is 18.2 Å². The molecule has 1 aliphatic carbocycles. The zero-order chi connectivity index (χ0) is 12.4. The minimum Gasteiger partial charge on any atom is -0.399 e. The summed E-state index contributed by atoms with van der Waals surface area (Å²) in [7, 11) is 0. The van der Waals surface area contributed by atoms with Crippen LogP contribution in [0.15, 0.2) is 30.3 Å². The fourth-order valence-electron chi connectivity index (χ4n) is 2.36. The summed E-state index contributed by atoms with van der Waals surface area (Å²) >= 11 is 0. The van der Waals surface area contributed by atoms with Gasteiger partial charge in [0.25, 0.3) is 0 Å². The van der Waals surface area contributed by atoms with Crippen molar-refractivity contribution in [1.29, 1.82) is 0 Å². The van der Waals surface area contributed by atoms with Crippen LogP contribution in [0.2, 0.25) is 0 Å². The lowest BCUT2D eigenvalue weighted by molar-refractivity contribution is -0.0398. The minimum absolute atomic E-state index is 0.0631. The molecule has 0 bridgehead atoms. The molecule has 0 radical (unpaired) electrons. The van der Waals surface area contributed by atoms with E-state index in [4.69, 9.17) is 10.5 Å². The van der Waals surface area contributed by atoms with Crippen molar-refractivity contribution in [1.82, 2.24) is 14.8 Å². The number of ether oxygens (including phenoxy) is 1. The molecule has 5 heteroatoms. The molecule has 2 unspecified atom stereocenters. The van der Waals surface area contributed by atoms with Crippen LogP contribution in [0.1, 0.15) is 43.7 Å². The molecule has 1 aliphatic heterocycles. The molecule has 2 atom stereocenters. The normalized spacial score (nSPS) is 28.1. The molecule has 1 fully saturated rings. The van der Waals surface area contributed by atoms with Crippen LogP contribution in [-0.4, -0.2) is 21.4 Å². The Morgan fingerprint density at radius 2 is 2.33 bits per heavy atom. The van der Waals surface area contributed by atoms with Gasteiger partial charge in [-0.05, 0) is 31.8 Å². The second kappa shape index (κ2) is 4.94. The topological polar surface area (TPSA) is 66.0 Å². The van der Waals surface area contributed by atoms with Gasteiger partial charge in [-0.1, -0.05) is 12.2 Å². The maximum atomic E-state index is 5.71. The van der Waals surface area contributed by atoms with Gasteiger partial charge in [-0.15, -0.1) is 0 Å². The third-order valence-electron chi connectivity index (χ3n) is 3.44. The van der Waals surface area contributed by atoms with Gasteiger partial charge < -0.3 is 10.5 Å². The minimum atomic E-state index is 0.0631. The van der Waals surface area contributed by atoms with Crippen LogP contribution in [0.3, 0.4) is 0 Å². The number of hydrogen-bond acceptors (Lipinski definition) is 4. The number of nitrogens with zero attached hydrogens (tertiary/aromatic N) is 3. The Bertz CT molecular complexity index is 471. The second-order valence-corrected chi connectivity index (χ2v) is 4.81. The summed E-state index contributed by atoms with van der Waals surface area (Å²) in [5, 5.41) is 4.54. The van der Waals surface area contributed by atoms with Crippen LogP contribution < -0.4 is 5.73 Å². The average molecular weight is 246 g/mol. The van der Waals surface area contributed by atoms with Gasteiger partial charge in [-0.2, -0.15) is 5.10 Å². The van der Waals surface area contributed by atoms with Crippen molar-refractivity contribution in [2.75, 3.05) is 6.61 Å². The highest BCUT2D eigenvalue weighted by Crippen LogP contribution is 2.25. The lowest BCUT2D eigenvalue weighted by atomic mass is 9.99. The summed E-state index contributed by atoms with van der Waals surface area (Å²) in [5.41, 5.74) is 6.53. The Morgan fingerprint density at radius 3 is 3.06 bits per heavy atom. The maximum absolute atomic E-state index is 5.71.